The molecule has 0 amide bonds. The van der Waals surface area contributed by atoms with Crippen LogP contribution in [-0.4, -0.2) is 37.1 Å². The Labute approximate surface area is 120 Å². The lowest BCUT2D eigenvalue weighted by Gasteiger charge is -2.37. The largest absolute Gasteiger partial charge is 0.313 e. The van der Waals surface area contributed by atoms with Crippen molar-refractivity contribution in [2.45, 2.75) is 83.7 Å². The second kappa shape index (κ2) is 7.08. The minimum Gasteiger partial charge on any atom is -0.313 e. The van der Waals surface area contributed by atoms with Crippen molar-refractivity contribution in [2.24, 2.45) is 5.41 Å². The fraction of sp³-hybridized carbons (Fsp3) is 1.00. The van der Waals surface area contributed by atoms with E-state index in [9.17, 15) is 0 Å². The van der Waals surface area contributed by atoms with Crippen molar-refractivity contribution in [3.8, 4) is 0 Å². The van der Waals surface area contributed by atoms with E-state index in [0.717, 1.165) is 12.1 Å². The highest BCUT2D eigenvalue weighted by Gasteiger charge is 2.30. The molecule has 2 saturated carbocycles. The summed E-state index contributed by atoms with van der Waals surface area (Å²) in [7, 11) is 2.36. The van der Waals surface area contributed by atoms with Crippen LogP contribution in [-0.2, 0) is 0 Å². The summed E-state index contributed by atoms with van der Waals surface area (Å²) in [6, 6.07) is 1.68. The highest BCUT2D eigenvalue weighted by Crippen LogP contribution is 2.28. The second-order valence-corrected chi connectivity index (χ2v) is 7.38. The fourth-order valence-corrected chi connectivity index (χ4v) is 3.40. The molecule has 2 fully saturated rings. The van der Waals surface area contributed by atoms with Gasteiger partial charge in [0.1, 0.15) is 0 Å². The van der Waals surface area contributed by atoms with Crippen LogP contribution in [0.2, 0.25) is 0 Å². The van der Waals surface area contributed by atoms with E-state index < -0.39 is 0 Å². The van der Waals surface area contributed by atoms with Gasteiger partial charge in [0.25, 0.3) is 0 Å². The summed E-state index contributed by atoms with van der Waals surface area (Å²) in [5, 5.41) is 3.74. The van der Waals surface area contributed by atoms with Crippen molar-refractivity contribution in [3.63, 3.8) is 0 Å². The van der Waals surface area contributed by atoms with Crippen LogP contribution in [0.15, 0.2) is 0 Å². The highest BCUT2D eigenvalue weighted by molar-refractivity contribution is 4.87. The van der Waals surface area contributed by atoms with Gasteiger partial charge in [0, 0.05) is 25.2 Å². The Morgan fingerprint density at radius 3 is 2.21 bits per heavy atom. The Bertz CT molecular complexity index is 254. The molecule has 1 N–H and O–H groups in total. The summed E-state index contributed by atoms with van der Waals surface area (Å²) in [5.74, 6) is 0. The van der Waals surface area contributed by atoms with Crippen LogP contribution in [0.5, 0.6) is 0 Å². The van der Waals surface area contributed by atoms with Crippen LogP contribution in [0.25, 0.3) is 0 Å². The Morgan fingerprint density at radius 2 is 1.68 bits per heavy atom. The third-order valence-electron chi connectivity index (χ3n) is 5.33. The minimum absolute atomic E-state index is 0.448. The van der Waals surface area contributed by atoms with Crippen LogP contribution < -0.4 is 5.32 Å². The van der Waals surface area contributed by atoms with E-state index in [1.807, 2.05) is 0 Å². The fourth-order valence-electron chi connectivity index (χ4n) is 3.40. The summed E-state index contributed by atoms with van der Waals surface area (Å²) in [5.41, 5.74) is 0.448. The van der Waals surface area contributed by atoms with E-state index in [4.69, 9.17) is 0 Å². The molecule has 0 aliphatic heterocycles. The molecular formula is C17H34N2. The number of hydrogen-bond acceptors (Lipinski definition) is 2. The molecule has 2 nitrogen and oxygen atoms in total. The molecule has 19 heavy (non-hydrogen) atoms. The van der Waals surface area contributed by atoms with E-state index in [0.29, 0.717) is 5.41 Å². The first-order valence-corrected chi connectivity index (χ1v) is 8.56. The first-order valence-electron chi connectivity index (χ1n) is 8.56. The van der Waals surface area contributed by atoms with E-state index in [1.165, 1.54) is 70.9 Å². The van der Waals surface area contributed by atoms with Crippen molar-refractivity contribution < 1.29 is 0 Å². The van der Waals surface area contributed by atoms with Gasteiger partial charge in [0.05, 0.1) is 0 Å². The van der Waals surface area contributed by atoms with Crippen molar-refractivity contribution in [3.05, 3.63) is 0 Å². The molecule has 0 aromatic rings. The summed E-state index contributed by atoms with van der Waals surface area (Å²) < 4.78 is 0. The first kappa shape index (κ1) is 15.3. The molecule has 0 bridgehead atoms. The summed E-state index contributed by atoms with van der Waals surface area (Å²) in [6.45, 7) is 7.28. The van der Waals surface area contributed by atoms with Gasteiger partial charge in [-0.2, -0.15) is 0 Å². The molecule has 0 aromatic heterocycles. The molecule has 0 saturated heterocycles. The van der Waals surface area contributed by atoms with Crippen LogP contribution >= 0.6 is 0 Å². The molecule has 2 aliphatic rings. The van der Waals surface area contributed by atoms with Gasteiger partial charge < -0.3 is 10.2 Å². The molecule has 2 rings (SSSR count). The zero-order chi connectivity index (χ0) is 13.7. The summed E-state index contributed by atoms with van der Waals surface area (Å²) >= 11 is 0. The van der Waals surface area contributed by atoms with Crippen molar-refractivity contribution in [1.82, 2.24) is 10.2 Å². The number of nitrogens with zero attached hydrogens (tertiary/aromatic N) is 1. The van der Waals surface area contributed by atoms with Crippen LogP contribution in [0, 0.1) is 5.41 Å². The molecule has 1 unspecified atom stereocenters. The normalized spacial score (nSPS) is 25.3. The van der Waals surface area contributed by atoms with Crippen molar-refractivity contribution >= 4 is 0 Å². The first-order chi connectivity index (χ1) is 9.13. The Kier molecular flexibility index (Phi) is 5.70. The van der Waals surface area contributed by atoms with Gasteiger partial charge in [-0.05, 0) is 44.6 Å². The topological polar surface area (TPSA) is 15.3 Å². The second-order valence-electron chi connectivity index (χ2n) is 7.38. The Morgan fingerprint density at radius 1 is 1.05 bits per heavy atom. The smallest absolute Gasteiger partial charge is 0.00924 e. The molecule has 0 radical (unpaired) electrons. The lowest BCUT2D eigenvalue weighted by Crippen LogP contribution is -2.44. The highest BCUT2D eigenvalue weighted by atomic mass is 15.1. The maximum absolute atomic E-state index is 3.74. The van der Waals surface area contributed by atoms with E-state index in [-0.39, 0.29) is 0 Å². The molecule has 0 heterocycles. The molecule has 0 aromatic carbocycles. The number of hydrogen-bond donors (Lipinski definition) is 1. The van der Waals surface area contributed by atoms with Gasteiger partial charge in [-0.1, -0.05) is 39.5 Å². The average molecular weight is 266 g/mol. The van der Waals surface area contributed by atoms with Gasteiger partial charge in [0.2, 0.25) is 0 Å². The van der Waals surface area contributed by atoms with Crippen LogP contribution in [0.4, 0.5) is 0 Å². The van der Waals surface area contributed by atoms with Crippen molar-refractivity contribution in [2.75, 3.05) is 20.1 Å². The monoisotopic (exact) mass is 266 g/mol. The predicted octanol–water partition coefficient (Wildman–Crippen LogP) is 3.81. The zero-order valence-electron chi connectivity index (χ0n) is 13.4. The molecule has 112 valence electrons. The molecular weight excluding hydrogens is 232 g/mol. The number of rotatable bonds is 7. The Balaban J connectivity index is 1.80. The van der Waals surface area contributed by atoms with Crippen LogP contribution in [0.1, 0.15) is 71.6 Å². The standard InChI is InChI=1S/C17H34N2/c1-4-17(2,13-18-15-11-12-15)14-19(3)16-9-7-5-6-8-10-16/h15-16,18H,4-14H2,1-3H3. The number of nitrogens with one attached hydrogen (secondary N) is 1. The van der Waals surface area contributed by atoms with Gasteiger partial charge in [-0.25, -0.2) is 0 Å². The molecule has 2 heteroatoms. The van der Waals surface area contributed by atoms with Crippen LogP contribution in [0.3, 0.4) is 0 Å². The average Bonchev–Trinajstić information content (AvgIpc) is 3.23. The molecule has 2 aliphatic carbocycles. The molecule has 1 atom stereocenters. The summed E-state index contributed by atoms with van der Waals surface area (Å²) in [4.78, 5) is 2.67. The van der Waals surface area contributed by atoms with E-state index in [1.54, 1.807) is 0 Å². The summed E-state index contributed by atoms with van der Waals surface area (Å²) in [6.07, 6.45) is 12.7. The lowest BCUT2D eigenvalue weighted by atomic mass is 9.86. The van der Waals surface area contributed by atoms with Gasteiger partial charge >= 0.3 is 0 Å². The minimum atomic E-state index is 0.448. The van der Waals surface area contributed by atoms with E-state index in [2.05, 4.69) is 31.1 Å². The maximum Gasteiger partial charge on any atom is 0.00924 e. The van der Waals surface area contributed by atoms with Crippen molar-refractivity contribution in [1.29, 1.82) is 0 Å². The SMILES string of the molecule is CCC(C)(CNC1CC1)CN(C)C1CCCCCC1. The third-order valence-corrected chi connectivity index (χ3v) is 5.33. The molecule has 0 spiro atoms. The lowest BCUT2D eigenvalue weighted by molar-refractivity contribution is 0.130. The third kappa shape index (κ3) is 5.07. The predicted molar refractivity (Wildman–Crippen MR) is 83.5 cm³/mol. The maximum atomic E-state index is 3.74. The zero-order valence-corrected chi connectivity index (χ0v) is 13.4. The van der Waals surface area contributed by atoms with Gasteiger partial charge in [-0.3, -0.25) is 0 Å². The van der Waals surface area contributed by atoms with Gasteiger partial charge in [-0.15, -0.1) is 0 Å². The Hall–Kier alpha value is -0.0800. The van der Waals surface area contributed by atoms with Gasteiger partial charge in [0.15, 0.2) is 0 Å². The van der Waals surface area contributed by atoms with E-state index >= 15 is 0 Å². The quantitative estimate of drug-likeness (QED) is 0.705.